The van der Waals surface area contributed by atoms with Crippen molar-refractivity contribution in [3.05, 3.63) is 52.1 Å². The Kier molecular flexibility index (Phi) is 6.23. The smallest absolute Gasteiger partial charge is 0.330 e. The van der Waals surface area contributed by atoms with E-state index in [1.807, 2.05) is 5.43 Å². The number of allylic oxidation sites excluding steroid dienone is 1. The second kappa shape index (κ2) is 8.15. The summed E-state index contributed by atoms with van der Waals surface area (Å²) >= 11 is 0. The Bertz CT molecular complexity index is 609. The Morgan fingerprint density at radius 2 is 1.86 bits per heavy atom. The van der Waals surface area contributed by atoms with Gasteiger partial charge in [-0.15, -0.1) is 0 Å². The number of amides is 2. The van der Waals surface area contributed by atoms with Gasteiger partial charge in [0.05, 0.1) is 4.92 Å². The number of benzene rings is 1. The van der Waals surface area contributed by atoms with E-state index in [1.165, 1.54) is 18.2 Å². The van der Waals surface area contributed by atoms with E-state index in [1.54, 1.807) is 6.92 Å². The monoisotopic (exact) mass is 307 g/mol. The summed E-state index contributed by atoms with van der Waals surface area (Å²) in [7, 11) is 0. The highest BCUT2D eigenvalue weighted by Gasteiger charge is 2.11. The Balaban J connectivity index is 2.43. The van der Waals surface area contributed by atoms with E-state index in [2.05, 4.69) is 10.2 Å². The van der Waals surface area contributed by atoms with Crippen molar-refractivity contribution in [1.82, 2.24) is 10.9 Å². The average molecular weight is 307 g/mol. The normalized spacial score (nSPS) is 10.0. The van der Waals surface area contributed by atoms with Crippen molar-refractivity contribution in [2.45, 2.75) is 6.92 Å². The third-order valence-electron chi connectivity index (χ3n) is 2.30. The Hall–Kier alpha value is -3.23. The van der Waals surface area contributed by atoms with Crippen molar-refractivity contribution in [2.75, 3.05) is 6.61 Å². The fourth-order valence-electron chi connectivity index (χ4n) is 1.29. The number of hydrogen-bond acceptors (Lipinski definition) is 6. The molecular formula is C13H13N3O6. The Labute approximate surface area is 125 Å². The molecule has 116 valence electrons. The minimum absolute atomic E-state index is 0.122. The van der Waals surface area contributed by atoms with E-state index in [0.29, 0.717) is 0 Å². The van der Waals surface area contributed by atoms with E-state index in [9.17, 15) is 24.5 Å². The quantitative estimate of drug-likeness (QED) is 0.352. The van der Waals surface area contributed by atoms with E-state index in [4.69, 9.17) is 0 Å². The predicted octanol–water partition coefficient (Wildman–Crippen LogP) is 0.475. The molecule has 0 heterocycles. The minimum Gasteiger partial charge on any atom is -0.452 e. The van der Waals surface area contributed by atoms with Gasteiger partial charge in [0.15, 0.2) is 6.61 Å². The number of esters is 1. The van der Waals surface area contributed by atoms with Crippen LogP contribution >= 0.6 is 0 Å². The first-order chi connectivity index (χ1) is 10.4. The van der Waals surface area contributed by atoms with Gasteiger partial charge in [-0.2, -0.15) is 0 Å². The molecule has 0 aromatic heterocycles. The molecule has 0 spiro atoms. The maximum Gasteiger partial charge on any atom is 0.330 e. The molecule has 22 heavy (non-hydrogen) atoms. The van der Waals surface area contributed by atoms with Crippen LogP contribution in [0.2, 0.25) is 0 Å². The molecule has 1 aromatic carbocycles. The lowest BCUT2D eigenvalue weighted by atomic mass is 10.2. The summed E-state index contributed by atoms with van der Waals surface area (Å²) < 4.78 is 4.56. The van der Waals surface area contributed by atoms with Gasteiger partial charge < -0.3 is 4.74 Å². The fourth-order valence-corrected chi connectivity index (χ4v) is 1.29. The number of nitro benzene ring substituents is 1. The number of nitrogens with zero attached hydrogens (tertiary/aromatic N) is 1. The number of non-ortho nitro benzene ring substituents is 1. The summed E-state index contributed by atoms with van der Waals surface area (Å²) in [5.74, 6) is -2.07. The van der Waals surface area contributed by atoms with E-state index >= 15 is 0 Å². The van der Waals surface area contributed by atoms with Crippen LogP contribution in [0.25, 0.3) is 0 Å². The summed E-state index contributed by atoms with van der Waals surface area (Å²) in [6.45, 7) is 1.06. The van der Waals surface area contributed by atoms with Crippen molar-refractivity contribution in [1.29, 1.82) is 0 Å². The van der Waals surface area contributed by atoms with Crippen LogP contribution in [0, 0.1) is 10.1 Å². The number of nitro groups is 1. The maximum absolute atomic E-state index is 11.7. The molecule has 0 atom stereocenters. The third-order valence-corrected chi connectivity index (χ3v) is 2.30. The first kappa shape index (κ1) is 16.8. The van der Waals surface area contributed by atoms with Crippen LogP contribution < -0.4 is 10.9 Å². The van der Waals surface area contributed by atoms with Crippen LogP contribution in [0.1, 0.15) is 17.3 Å². The first-order valence-electron chi connectivity index (χ1n) is 6.07. The molecule has 0 aliphatic rings. The molecule has 1 rings (SSSR count). The highest BCUT2D eigenvalue weighted by Crippen LogP contribution is 2.11. The van der Waals surface area contributed by atoms with Crippen molar-refractivity contribution in [2.24, 2.45) is 0 Å². The highest BCUT2D eigenvalue weighted by atomic mass is 16.6. The molecule has 2 N–H and O–H groups in total. The van der Waals surface area contributed by atoms with Gasteiger partial charge in [-0.1, -0.05) is 6.08 Å². The largest absolute Gasteiger partial charge is 0.452 e. The molecule has 0 saturated heterocycles. The van der Waals surface area contributed by atoms with Gasteiger partial charge >= 0.3 is 5.97 Å². The fraction of sp³-hybridized carbons (Fsp3) is 0.154. The van der Waals surface area contributed by atoms with Crippen molar-refractivity contribution < 1.29 is 24.0 Å². The van der Waals surface area contributed by atoms with E-state index in [-0.39, 0.29) is 11.3 Å². The van der Waals surface area contributed by atoms with E-state index in [0.717, 1.165) is 18.2 Å². The molecule has 9 nitrogen and oxygen atoms in total. The molecule has 0 aliphatic heterocycles. The zero-order valence-electron chi connectivity index (χ0n) is 11.6. The number of ether oxygens (including phenoxy) is 1. The summed E-state index contributed by atoms with van der Waals surface area (Å²) in [4.78, 5) is 43.8. The molecule has 9 heteroatoms. The third kappa shape index (κ3) is 5.41. The number of hydrogen-bond donors (Lipinski definition) is 2. The lowest BCUT2D eigenvalue weighted by Crippen LogP contribution is -2.43. The molecule has 0 radical (unpaired) electrons. The number of carbonyl (C=O) groups is 3. The van der Waals surface area contributed by atoms with Gasteiger partial charge in [0.2, 0.25) is 0 Å². The molecule has 0 unspecified atom stereocenters. The summed E-state index contributed by atoms with van der Waals surface area (Å²) in [6.07, 6.45) is 2.60. The summed E-state index contributed by atoms with van der Waals surface area (Å²) in [6, 6.07) is 4.81. The molecule has 1 aromatic rings. The Morgan fingerprint density at radius 1 is 1.23 bits per heavy atom. The molecular weight excluding hydrogens is 294 g/mol. The van der Waals surface area contributed by atoms with Crippen LogP contribution in [-0.2, 0) is 14.3 Å². The number of carbonyl (C=O) groups excluding carboxylic acids is 3. The van der Waals surface area contributed by atoms with Crippen molar-refractivity contribution in [3.8, 4) is 0 Å². The van der Waals surface area contributed by atoms with Crippen LogP contribution in [-0.4, -0.2) is 29.3 Å². The maximum atomic E-state index is 11.7. The topological polar surface area (TPSA) is 128 Å². The number of rotatable bonds is 5. The van der Waals surface area contributed by atoms with Crippen LogP contribution in [0.4, 0.5) is 5.69 Å². The van der Waals surface area contributed by atoms with Gasteiger partial charge in [-0.05, 0) is 19.1 Å². The van der Waals surface area contributed by atoms with Crippen LogP contribution in [0.15, 0.2) is 36.4 Å². The molecule has 0 bridgehead atoms. The van der Waals surface area contributed by atoms with Gasteiger partial charge in [-0.3, -0.25) is 30.6 Å². The second-order valence-corrected chi connectivity index (χ2v) is 3.91. The summed E-state index contributed by atoms with van der Waals surface area (Å²) in [5, 5.41) is 10.5. The van der Waals surface area contributed by atoms with Crippen molar-refractivity contribution in [3.63, 3.8) is 0 Å². The number of hydrazine groups is 1. The molecule has 0 saturated carbocycles. The Morgan fingerprint density at radius 3 is 2.41 bits per heavy atom. The van der Waals surface area contributed by atoms with Gasteiger partial charge in [-0.25, -0.2) is 4.79 Å². The number of nitrogens with one attached hydrogen (secondary N) is 2. The second-order valence-electron chi connectivity index (χ2n) is 3.91. The predicted molar refractivity (Wildman–Crippen MR) is 74.5 cm³/mol. The lowest BCUT2D eigenvalue weighted by Gasteiger charge is -2.07. The lowest BCUT2D eigenvalue weighted by molar-refractivity contribution is -0.384. The average Bonchev–Trinajstić information content (AvgIpc) is 2.51. The SMILES string of the molecule is C/C=C/C(=O)OCC(=O)NNC(=O)c1ccc([N+](=O)[O-])cc1. The first-order valence-corrected chi connectivity index (χ1v) is 6.07. The van der Waals surface area contributed by atoms with Gasteiger partial charge in [0, 0.05) is 23.8 Å². The van der Waals surface area contributed by atoms with Gasteiger partial charge in [0.25, 0.3) is 17.5 Å². The molecule has 0 fully saturated rings. The van der Waals surface area contributed by atoms with Crippen LogP contribution in [0.3, 0.4) is 0 Å². The van der Waals surface area contributed by atoms with Gasteiger partial charge in [0.1, 0.15) is 0 Å². The zero-order valence-corrected chi connectivity index (χ0v) is 11.6. The standard InChI is InChI=1S/C13H13N3O6/c1-2-3-12(18)22-8-11(17)14-15-13(19)9-4-6-10(7-5-9)16(20)21/h2-7H,8H2,1H3,(H,14,17)(H,15,19)/b3-2+. The molecule has 2 amide bonds. The zero-order chi connectivity index (χ0) is 16.5. The van der Waals surface area contributed by atoms with E-state index < -0.39 is 29.3 Å². The minimum atomic E-state index is -0.729. The van der Waals surface area contributed by atoms with Crippen LogP contribution in [0.5, 0.6) is 0 Å². The summed E-state index contributed by atoms with van der Waals surface area (Å²) in [5.41, 5.74) is 4.09. The highest BCUT2D eigenvalue weighted by molar-refractivity contribution is 5.95. The van der Waals surface area contributed by atoms with Crippen molar-refractivity contribution >= 4 is 23.5 Å². The molecule has 0 aliphatic carbocycles.